The second kappa shape index (κ2) is 6.37. The van der Waals surface area contributed by atoms with Crippen LogP contribution in [0.25, 0.3) is 28.0 Å². The van der Waals surface area contributed by atoms with Crippen LogP contribution in [-0.4, -0.2) is 31.0 Å². The lowest BCUT2D eigenvalue weighted by Crippen LogP contribution is -2.14. The summed E-state index contributed by atoms with van der Waals surface area (Å²) in [6.45, 7) is 0. The Hall–Kier alpha value is -4.01. The zero-order valence-electron chi connectivity index (χ0n) is 13.6. The number of H-pyrrole nitrogens is 1. The van der Waals surface area contributed by atoms with Gasteiger partial charge < -0.3 is 9.84 Å². The molecule has 2 N–H and O–H groups in total. The van der Waals surface area contributed by atoms with Crippen LogP contribution >= 0.6 is 0 Å². The minimum absolute atomic E-state index is 0.0138. The van der Waals surface area contributed by atoms with E-state index in [0.29, 0.717) is 16.6 Å². The van der Waals surface area contributed by atoms with Gasteiger partial charge in [-0.2, -0.15) is 5.10 Å². The molecule has 0 aliphatic heterocycles. The number of fused-ring (bicyclic) bond motifs is 1. The average molecular weight is 366 g/mol. The monoisotopic (exact) mass is 366 g/mol. The molecule has 0 radical (unpaired) electrons. The highest BCUT2D eigenvalue weighted by atomic mass is 19.1. The van der Waals surface area contributed by atoms with Gasteiger partial charge in [-0.1, -0.05) is 24.3 Å². The smallest absolute Gasteiger partial charge is 0.449 e. The molecule has 0 fully saturated rings. The quantitative estimate of drug-likeness (QED) is 0.540. The SMILES string of the molecule is O=C(O)Oc1cnn(-c2nc3ccc(-c4ccccc4F)cc3c(=O)[nH]2)c1. The number of hydrogen-bond donors (Lipinski definition) is 2. The Morgan fingerprint density at radius 3 is 2.81 bits per heavy atom. The molecule has 2 heterocycles. The fourth-order valence-corrected chi connectivity index (χ4v) is 2.67. The Bertz CT molecular complexity index is 1230. The summed E-state index contributed by atoms with van der Waals surface area (Å²) in [5.41, 5.74) is 0.872. The van der Waals surface area contributed by atoms with Gasteiger partial charge in [0.1, 0.15) is 5.82 Å². The summed E-state index contributed by atoms with van der Waals surface area (Å²) in [6, 6.07) is 11.1. The molecule has 0 amide bonds. The maximum Gasteiger partial charge on any atom is 0.511 e. The van der Waals surface area contributed by atoms with E-state index in [1.54, 1.807) is 36.4 Å². The van der Waals surface area contributed by atoms with Crippen LogP contribution in [0.3, 0.4) is 0 Å². The van der Waals surface area contributed by atoms with Gasteiger partial charge in [-0.3, -0.25) is 9.78 Å². The van der Waals surface area contributed by atoms with Crippen LogP contribution in [0.1, 0.15) is 0 Å². The number of aromatic amines is 1. The van der Waals surface area contributed by atoms with Crippen molar-refractivity contribution in [2.75, 3.05) is 0 Å². The van der Waals surface area contributed by atoms with Gasteiger partial charge in [0.2, 0.25) is 5.95 Å². The molecule has 9 heteroatoms. The molecule has 27 heavy (non-hydrogen) atoms. The summed E-state index contributed by atoms with van der Waals surface area (Å²) >= 11 is 0. The molecule has 134 valence electrons. The van der Waals surface area contributed by atoms with Crippen LogP contribution < -0.4 is 10.3 Å². The molecule has 0 atom stereocenters. The number of benzene rings is 2. The van der Waals surface area contributed by atoms with Gasteiger partial charge >= 0.3 is 6.16 Å². The third-order valence-electron chi connectivity index (χ3n) is 3.86. The maximum atomic E-state index is 14.0. The molecule has 2 aromatic heterocycles. The highest BCUT2D eigenvalue weighted by Gasteiger charge is 2.11. The first-order chi connectivity index (χ1) is 13.0. The number of halogens is 1. The number of hydrogen-bond acceptors (Lipinski definition) is 5. The van der Waals surface area contributed by atoms with Gasteiger partial charge in [0, 0.05) is 5.56 Å². The molecule has 4 aromatic rings. The Kier molecular flexibility index (Phi) is 3.88. The number of nitrogens with zero attached hydrogens (tertiary/aromatic N) is 3. The second-order valence-corrected chi connectivity index (χ2v) is 5.59. The molecule has 8 nitrogen and oxygen atoms in total. The Morgan fingerprint density at radius 2 is 2.04 bits per heavy atom. The number of aromatic nitrogens is 4. The van der Waals surface area contributed by atoms with E-state index in [1.165, 1.54) is 23.1 Å². The Morgan fingerprint density at radius 1 is 1.22 bits per heavy atom. The Balaban J connectivity index is 1.78. The molecule has 2 aromatic carbocycles. The lowest BCUT2D eigenvalue weighted by atomic mass is 10.0. The first kappa shape index (κ1) is 16.5. The van der Waals surface area contributed by atoms with Crippen molar-refractivity contribution >= 4 is 17.1 Å². The van der Waals surface area contributed by atoms with E-state index >= 15 is 0 Å². The Labute approximate surface area is 150 Å². The van der Waals surface area contributed by atoms with Gasteiger partial charge in [-0.15, -0.1) is 0 Å². The predicted molar refractivity (Wildman–Crippen MR) is 93.5 cm³/mol. The maximum absolute atomic E-state index is 14.0. The van der Waals surface area contributed by atoms with Crippen LogP contribution in [0.5, 0.6) is 5.75 Å². The summed E-state index contributed by atoms with van der Waals surface area (Å²) in [5.74, 6) is -0.313. The van der Waals surface area contributed by atoms with Crippen molar-refractivity contribution in [1.82, 2.24) is 19.7 Å². The third kappa shape index (κ3) is 3.13. The largest absolute Gasteiger partial charge is 0.511 e. The predicted octanol–water partition coefficient (Wildman–Crippen LogP) is 2.97. The van der Waals surface area contributed by atoms with Crippen molar-refractivity contribution in [2.45, 2.75) is 0 Å². The highest BCUT2D eigenvalue weighted by Crippen LogP contribution is 2.25. The minimum atomic E-state index is -1.48. The standard InChI is InChI=1S/C18H11FN4O4/c19-14-4-2-1-3-12(14)10-5-6-15-13(7-10)16(24)22-17(21-15)23-9-11(8-20-23)27-18(25)26/h1-9H,(H,25,26)(H,21,22,24). The fraction of sp³-hybridized carbons (Fsp3) is 0. The van der Waals surface area contributed by atoms with E-state index in [-0.39, 0.29) is 22.9 Å². The van der Waals surface area contributed by atoms with Crippen molar-refractivity contribution in [2.24, 2.45) is 0 Å². The van der Waals surface area contributed by atoms with Crippen molar-refractivity contribution in [3.05, 3.63) is 71.0 Å². The van der Waals surface area contributed by atoms with E-state index < -0.39 is 11.7 Å². The zero-order valence-corrected chi connectivity index (χ0v) is 13.6. The summed E-state index contributed by atoms with van der Waals surface area (Å²) in [4.78, 5) is 29.9. The van der Waals surface area contributed by atoms with E-state index in [9.17, 15) is 14.0 Å². The van der Waals surface area contributed by atoms with Crippen LogP contribution in [-0.2, 0) is 0 Å². The molecule has 0 saturated heterocycles. The molecule has 0 unspecified atom stereocenters. The van der Waals surface area contributed by atoms with Gasteiger partial charge in [0.25, 0.3) is 5.56 Å². The number of rotatable bonds is 3. The molecular formula is C18H11FN4O4. The molecule has 0 saturated carbocycles. The van der Waals surface area contributed by atoms with Crippen molar-refractivity contribution in [3.8, 4) is 22.8 Å². The van der Waals surface area contributed by atoms with Gasteiger partial charge in [-0.25, -0.2) is 18.9 Å². The molecule has 0 aliphatic carbocycles. The highest BCUT2D eigenvalue weighted by molar-refractivity contribution is 5.84. The van der Waals surface area contributed by atoms with Crippen molar-refractivity contribution in [1.29, 1.82) is 0 Å². The van der Waals surface area contributed by atoms with Crippen LogP contribution in [0.4, 0.5) is 9.18 Å². The minimum Gasteiger partial charge on any atom is -0.449 e. The van der Waals surface area contributed by atoms with Crippen molar-refractivity contribution < 1.29 is 19.0 Å². The second-order valence-electron chi connectivity index (χ2n) is 5.59. The summed E-state index contributed by atoms with van der Waals surface area (Å²) in [5, 5.41) is 12.8. The van der Waals surface area contributed by atoms with Gasteiger partial charge in [0.05, 0.1) is 23.3 Å². The van der Waals surface area contributed by atoms with Crippen LogP contribution in [0, 0.1) is 5.82 Å². The molecule has 0 bridgehead atoms. The van der Waals surface area contributed by atoms with Crippen LogP contribution in [0.2, 0.25) is 0 Å². The van der Waals surface area contributed by atoms with Gasteiger partial charge in [0.15, 0.2) is 5.75 Å². The molecule has 0 spiro atoms. The lowest BCUT2D eigenvalue weighted by Gasteiger charge is -2.06. The molecular weight excluding hydrogens is 355 g/mol. The van der Waals surface area contributed by atoms with E-state index in [0.717, 1.165) is 0 Å². The lowest BCUT2D eigenvalue weighted by molar-refractivity contribution is 0.144. The average Bonchev–Trinajstić information content (AvgIpc) is 3.10. The topological polar surface area (TPSA) is 110 Å². The number of carboxylic acid groups (broad SMARTS) is 1. The summed E-state index contributed by atoms with van der Waals surface area (Å²) < 4.78 is 19.7. The van der Waals surface area contributed by atoms with E-state index in [4.69, 9.17) is 5.11 Å². The summed E-state index contributed by atoms with van der Waals surface area (Å²) in [6.07, 6.45) is 0.973. The summed E-state index contributed by atoms with van der Waals surface area (Å²) in [7, 11) is 0. The van der Waals surface area contributed by atoms with Crippen molar-refractivity contribution in [3.63, 3.8) is 0 Å². The number of nitrogens with one attached hydrogen (secondary N) is 1. The zero-order chi connectivity index (χ0) is 19.0. The first-order valence-corrected chi connectivity index (χ1v) is 7.76. The molecule has 0 aliphatic rings. The fourth-order valence-electron chi connectivity index (χ4n) is 2.67. The normalized spacial score (nSPS) is 10.9. The number of ether oxygens (including phenoxy) is 1. The van der Waals surface area contributed by atoms with E-state index in [2.05, 4.69) is 19.8 Å². The molecule has 4 rings (SSSR count). The van der Waals surface area contributed by atoms with Crippen LogP contribution in [0.15, 0.2) is 59.7 Å². The number of carbonyl (C=O) groups is 1. The van der Waals surface area contributed by atoms with Gasteiger partial charge in [-0.05, 0) is 23.8 Å². The van der Waals surface area contributed by atoms with E-state index in [1.807, 2.05) is 0 Å². The first-order valence-electron chi connectivity index (χ1n) is 7.76. The third-order valence-corrected chi connectivity index (χ3v) is 3.86.